The summed E-state index contributed by atoms with van der Waals surface area (Å²) in [7, 11) is 3.42. The predicted octanol–water partition coefficient (Wildman–Crippen LogP) is 1.22. The van der Waals surface area contributed by atoms with Gasteiger partial charge in [-0.15, -0.1) is 0 Å². The Morgan fingerprint density at radius 2 is 2.10 bits per heavy atom. The van der Waals surface area contributed by atoms with Crippen LogP contribution >= 0.6 is 0 Å². The molecule has 6 heteroatoms. The highest BCUT2D eigenvalue weighted by Gasteiger charge is 2.20. The molecule has 1 aromatic rings. The van der Waals surface area contributed by atoms with Crippen molar-refractivity contribution in [3.8, 4) is 0 Å². The van der Waals surface area contributed by atoms with Gasteiger partial charge in [0.25, 0.3) is 0 Å². The lowest BCUT2D eigenvalue weighted by atomic mass is 10.3. The van der Waals surface area contributed by atoms with Gasteiger partial charge in [-0.3, -0.25) is 4.98 Å². The molecule has 0 radical (unpaired) electrons. The Kier molecular flexibility index (Phi) is 6.35. The molecule has 118 valence electrons. The molecule has 1 heterocycles. The van der Waals surface area contributed by atoms with E-state index in [-0.39, 0.29) is 6.04 Å². The molecule has 1 saturated carbocycles. The largest absolute Gasteiger partial charge is 0.383 e. The van der Waals surface area contributed by atoms with Crippen LogP contribution in [0.4, 0.5) is 5.82 Å². The Morgan fingerprint density at radius 3 is 2.67 bits per heavy atom. The molecule has 1 aliphatic carbocycles. The number of ether oxygens (including phenoxy) is 2. The predicted molar refractivity (Wildman–Crippen MR) is 82.5 cm³/mol. The van der Waals surface area contributed by atoms with Crippen molar-refractivity contribution in [3.05, 3.63) is 18.1 Å². The Hall–Kier alpha value is -1.24. The van der Waals surface area contributed by atoms with Crippen LogP contribution in [-0.4, -0.2) is 56.0 Å². The van der Waals surface area contributed by atoms with Crippen LogP contribution < -0.4 is 10.2 Å². The van der Waals surface area contributed by atoms with Crippen molar-refractivity contribution in [1.82, 2.24) is 15.3 Å². The van der Waals surface area contributed by atoms with Gasteiger partial charge in [0, 0.05) is 33.4 Å². The van der Waals surface area contributed by atoms with Gasteiger partial charge in [-0.2, -0.15) is 0 Å². The van der Waals surface area contributed by atoms with Crippen LogP contribution in [0.2, 0.25) is 0 Å². The standard InChI is InChI=1S/C15H26N4O2/c1-12(11-21-3)19(6-7-20-2)15-10-17-14(9-18-15)8-16-13-4-5-13/h9-10,12-13,16H,4-8,11H2,1-3H3. The first-order chi connectivity index (χ1) is 10.2. The second-order valence-corrected chi connectivity index (χ2v) is 5.51. The Balaban J connectivity index is 1.96. The first-order valence-corrected chi connectivity index (χ1v) is 7.53. The van der Waals surface area contributed by atoms with Crippen molar-refractivity contribution < 1.29 is 9.47 Å². The Bertz CT molecular complexity index is 409. The SMILES string of the molecule is COCCN(c1cnc(CNC2CC2)cn1)C(C)COC. The molecule has 6 nitrogen and oxygen atoms in total. The second kappa shape index (κ2) is 8.26. The summed E-state index contributed by atoms with van der Waals surface area (Å²) in [6.07, 6.45) is 6.26. The van der Waals surface area contributed by atoms with E-state index in [0.29, 0.717) is 19.3 Å². The Labute approximate surface area is 126 Å². The van der Waals surface area contributed by atoms with Gasteiger partial charge < -0.3 is 19.7 Å². The highest BCUT2D eigenvalue weighted by molar-refractivity contribution is 5.37. The van der Waals surface area contributed by atoms with Crippen LogP contribution in [0.25, 0.3) is 0 Å². The molecule has 1 fully saturated rings. The third kappa shape index (κ3) is 5.22. The minimum atomic E-state index is 0.231. The zero-order valence-corrected chi connectivity index (χ0v) is 13.2. The van der Waals surface area contributed by atoms with Gasteiger partial charge in [0.05, 0.1) is 37.3 Å². The summed E-state index contributed by atoms with van der Waals surface area (Å²) in [4.78, 5) is 11.2. The quantitative estimate of drug-likeness (QED) is 0.700. The summed E-state index contributed by atoms with van der Waals surface area (Å²) in [5, 5.41) is 3.44. The first-order valence-electron chi connectivity index (χ1n) is 7.53. The number of anilines is 1. The molecule has 0 aromatic carbocycles. The number of hydrogen-bond donors (Lipinski definition) is 1. The summed E-state index contributed by atoms with van der Waals surface area (Å²) >= 11 is 0. The number of hydrogen-bond acceptors (Lipinski definition) is 6. The van der Waals surface area contributed by atoms with Crippen molar-refractivity contribution in [1.29, 1.82) is 0 Å². The molecule has 2 rings (SSSR count). The normalized spacial score (nSPS) is 16.0. The fourth-order valence-corrected chi connectivity index (χ4v) is 2.21. The minimum Gasteiger partial charge on any atom is -0.383 e. The molecular formula is C15H26N4O2. The van der Waals surface area contributed by atoms with E-state index >= 15 is 0 Å². The minimum absolute atomic E-state index is 0.231. The third-order valence-electron chi connectivity index (χ3n) is 3.61. The Morgan fingerprint density at radius 1 is 1.29 bits per heavy atom. The van der Waals surface area contributed by atoms with Gasteiger partial charge in [0.2, 0.25) is 0 Å². The van der Waals surface area contributed by atoms with Crippen LogP contribution in [0.1, 0.15) is 25.5 Å². The van der Waals surface area contributed by atoms with Gasteiger partial charge in [0.1, 0.15) is 5.82 Å². The molecule has 1 aliphatic rings. The van der Waals surface area contributed by atoms with E-state index in [0.717, 1.165) is 24.6 Å². The third-order valence-corrected chi connectivity index (χ3v) is 3.61. The monoisotopic (exact) mass is 294 g/mol. The molecular weight excluding hydrogens is 268 g/mol. The molecule has 0 saturated heterocycles. The molecule has 21 heavy (non-hydrogen) atoms. The van der Waals surface area contributed by atoms with Crippen molar-refractivity contribution in [2.45, 2.75) is 38.4 Å². The highest BCUT2D eigenvalue weighted by Crippen LogP contribution is 2.19. The maximum atomic E-state index is 5.24. The zero-order chi connectivity index (χ0) is 15.1. The molecule has 0 amide bonds. The molecule has 1 atom stereocenters. The van der Waals surface area contributed by atoms with Crippen molar-refractivity contribution >= 4 is 5.82 Å². The smallest absolute Gasteiger partial charge is 0.147 e. The highest BCUT2D eigenvalue weighted by atomic mass is 16.5. The second-order valence-electron chi connectivity index (χ2n) is 5.51. The lowest BCUT2D eigenvalue weighted by Crippen LogP contribution is -2.39. The fourth-order valence-electron chi connectivity index (χ4n) is 2.21. The van der Waals surface area contributed by atoms with Gasteiger partial charge >= 0.3 is 0 Å². The van der Waals surface area contributed by atoms with Crippen LogP contribution in [-0.2, 0) is 16.0 Å². The average Bonchev–Trinajstić information content (AvgIpc) is 3.31. The van der Waals surface area contributed by atoms with Crippen molar-refractivity contribution in [2.75, 3.05) is 38.9 Å². The molecule has 1 aromatic heterocycles. The number of aromatic nitrogens is 2. The number of nitrogens with one attached hydrogen (secondary N) is 1. The van der Waals surface area contributed by atoms with Gasteiger partial charge in [0.15, 0.2) is 0 Å². The van der Waals surface area contributed by atoms with Crippen LogP contribution in [0.3, 0.4) is 0 Å². The van der Waals surface area contributed by atoms with Crippen molar-refractivity contribution in [2.24, 2.45) is 0 Å². The van der Waals surface area contributed by atoms with Gasteiger partial charge in [-0.05, 0) is 19.8 Å². The van der Waals surface area contributed by atoms with Gasteiger partial charge in [-0.1, -0.05) is 0 Å². The zero-order valence-electron chi connectivity index (χ0n) is 13.2. The number of methoxy groups -OCH3 is 2. The van der Waals surface area contributed by atoms with Crippen LogP contribution in [0.15, 0.2) is 12.4 Å². The maximum absolute atomic E-state index is 5.24. The topological polar surface area (TPSA) is 59.5 Å². The van der Waals surface area contributed by atoms with Crippen molar-refractivity contribution in [3.63, 3.8) is 0 Å². The van der Waals surface area contributed by atoms with E-state index in [1.54, 1.807) is 14.2 Å². The van der Waals surface area contributed by atoms with E-state index in [4.69, 9.17) is 9.47 Å². The van der Waals surface area contributed by atoms with E-state index in [1.165, 1.54) is 12.8 Å². The van der Waals surface area contributed by atoms with E-state index in [2.05, 4.69) is 27.1 Å². The van der Waals surface area contributed by atoms with E-state index in [1.807, 2.05) is 12.4 Å². The molecule has 1 unspecified atom stereocenters. The molecule has 0 spiro atoms. The first kappa shape index (κ1) is 16.1. The number of nitrogens with zero attached hydrogens (tertiary/aromatic N) is 3. The summed E-state index contributed by atoms with van der Waals surface area (Å²) in [5.41, 5.74) is 0.983. The van der Waals surface area contributed by atoms with Crippen LogP contribution in [0, 0.1) is 0 Å². The lowest BCUT2D eigenvalue weighted by Gasteiger charge is -2.29. The molecule has 1 N–H and O–H groups in total. The van der Waals surface area contributed by atoms with Crippen LogP contribution in [0.5, 0.6) is 0 Å². The summed E-state index contributed by atoms with van der Waals surface area (Å²) in [6.45, 7) is 4.99. The fraction of sp³-hybridized carbons (Fsp3) is 0.733. The lowest BCUT2D eigenvalue weighted by molar-refractivity contribution is 0.170. The van der Waals surface area contributed by atoms with E-state index in [9.17, 15) is 0 Å². The van der Waals surface area contributed by atoms with E-state index < -0.39 is 0 Å². The van der Waals surface area contributed by atoms with Gasteiger partial charge in [-0.25, -0.2) is 4.98 Å². The molecule has 0 aliphatic heterocycles. The molecule has 0 bridgehead atoms. The maximum Gasteiger partial charge on any atom is 0.147 e. The average molecular weight is 294 g/mol. The number of rotatable bonds is 10. The summed E-state index contributed by atoms with van der Waals surface area (Å²) in [5.74, 6) is 0.867. The summed E-state index contributed by atoms with van der Waals surface area (Å²) < 4.78 is 10.4. The summed E-state index contributed by atoms with van der Waals surface area (Å²) in [6, 6.07) is 0.918.